The Kier molecular flexibility index (Phi) is 6.36. The topological polar surface area (TPSA) is 95.2 Å². The summed E-state index contributed by atoms with van der Waals surface area (Å²) < 4.78 is 11.4. The molecular formula is C14H22N4O2. The fourth-order valence-electron chi connectivity index (χ4n) is 1.43. The minimum Gasteiger partial charge on any atom is -0.490 e. The lowest BCUT2D eigenvalue weighted by molar-refractivity contribution is 0.203. The third-order valence-electron chi connectivity index (χ3n) is 2.55. The van der Waals surface area contributed by atoms with E-state index in [9.17, 15) is 0 Å². The van der Waals surface area contributed by atoms with E-state index in [0.29, 0.717) is 12.4 Å². The molecule has 0 aliphatic carbocycles. The first-order valence-electron chi connectivity index (χ1n) is 6.62. The number of rotatable bonds is 7. The minimum absolute atomic E-state index is 0.0806. The Morgan fingerprint density at radius 3 is 2.65 bits per heavy atom. The van der Waals surface area contributed by atoms with Gasteiger partial charge in [-0.25, -0.2) is 0 Å². The molecule has 0 heterocycles. The Hall–Kier alpha value is -2.24. The van der Waals surface area contributed by atoms with E-state index < -0.39 is 0 Å². The molecule has 0 aliphatic rings. The number of guanidine groups is 1. The van der Waals surface area contributed by atoms with Crippen LogP contribution >= 0.6 is 0 Å². The van der Waals surface area contributed by atoms with Crippen molar-refractivity contribution < 1.29 is 9.47 Å². The highest BCUT2D eigenvalue weighted by Crippen LogP contribution is 2.29. The molecule has 0 saturated carbocycles. The third-order valence-corrected chi connectivity index (χ3v) is 2.55. The van der Waals surface area contributed by atoms with E-state index in [1.165, 1.54) is 0 Å². The van der Waals surface area contributed by atoms with E-state index >= 15 is 0 Å². The molecular weight excluding hydrogens is 256 g/mol. The highest BCUT2D eigenvalue weighted by molar-refractivity contribution is 5.82. The molecule has 20 heavy (non-hydrogen) atoms. The molecule has 6 nitrogen and oxygen atoms in total. The van der Waals surface area contributed by atoms with Crippen molar-refractivity contribution >= 4 is 12.2 Å². The summed E-state index contributed by atoms with van der Waals surface area (Å²) in [7, 11) is 0. The first kappa shape index (κ1) is 15.8. The monoisotopic (exact) mass is 278 g/mol. The molecule has 1 rings (SSSR count). The van der Waals surface area contributed by atoms with Crippen LogP contribution in [0, 0.1) is 0 Å². The number of hydrogen-bond acceptors (Lipinski definition) is 4. The molecule has 0 saturated heterocycles. The van der Waals surface area contributed by atoms with Crippen molar-refractivity contribution in [3.8, 4) is 11.5 Å². The van der Waals surface area contributed by atoms with Crippen molar-refractivity contribution in [3.63, 3.8) is 0 Å². The zero-order valence-corrected chi connectivity index (χ0v) is 12.2. The summed E-state index contributed by atoms with van der Waals surface area (Å²) in [4.78, 5) is 0. The van der Waals surface area contributed by atoms with E-state index in [2.05, 4.69) is 17.1 Å². The molecule has 6 heteroatoms. The number of benzene rings is 1. The van der Waals surface area contributed by atoms with Crippen molar-refractivity contribution in [3.05, 3.63) is 23.8 Å². The van der Waals surface area contributed by atoms with Gasteiger partial charge in [0.25, 0.3) is 0 Å². The van der Waals surface area contributed by atoms with Crippen molar-refractivity contribution in [2.24, 2.45) is 21.7 Å². The zero-order chi connectivity index (χ0) is 15.0. The summed E-state index contributed by atoms with van der Waals surface area (Å²) in [5, 5.41) is 7.31. The van der Waals surface area contributed by atoms with E-state index in [1.54, 1.807) is 6.21 Å². The van der Waals surface area contributed by atoms with Crippen LogP contribution in [-0.4, -0.2) is 24.9 Å². The predicted octanol–water partition coefficient (Wildman–Crippen LogP) is 1.87. The maximum absolute atomic E-state index is 5.81. The second kappa shape index (κ2) is 8.04. The predicted molar refractivity (Wildman–Crippen MR) is 81.4 cm³/mol. The number of nitrogens with zero attached hydrogens (tertiary/aromatic N) is 2. The Morgan fingerprint density at radius 1 is 1.30 bits per heavy atom. The van der Waals surface area contributed by atoms with Crippen molar-refractivity contribution in [2.75, 3.05) is 6.61 Å². The van der Waals surface area contributed by atoms with Gasteiger partial charge < -0.3 is 20.9 Å². The summed E-state index contributed by atoms with van der Waals surface area (Å²) in [6.07, 6.45) is 2.62. The SMILES string of the molecule is CCOc1cc(C=NN=C(N)N)ccc1OC(C)CC. The summed E-state index contributed by atoms with van der Waals surface area (Å²) in [5.74, 6) is 1.32. The van der Waals surface area contributed by atoms with E-state index in [0.717, 1.165) is 17.7 Å². The molecule has 0 fully saturated rings. The van der Waals surface area contributed by atoms with Crippen LogP contribution in [0.3, 0.4) is 0 Å². The first-order valence-corrected chi connectivity index (χ1v) is 6.62. The molecule has 0 aliphatic heterocycles. The van der Waals surface area contributed by atoms with Crippen LogP contribution in [-0.2, 0) is 0 Å². The van der Waals surface area contributed by atoms with Crippen molar-refractivity contribution in [1.82, 2.24) is 0 Å². The molecule has 0 bridgehead atoms. The molecule has 1 atom stereocenters. The maximum Gasteiger partial charge on any atom is 0.211 e. The minimum atomic E-state index is -0.0806. The van der Waals surface area contributed by atoms with E-state index in [1.807, 2.05) is 32.0 Å². The van der Waals surface area contributed by atoms with E-state index in [4.69, 9.17) is 20.9 Å². The van der Waals surface area contributed by atoms with Gasteiger partial charge in [0, 0.05) is 0 Å². The zero-order valence-electron chi connectivity index (χ0n) is 12.2. The largest absolute Gasteiger partial charge is 0.490 e. The van der Waals surface area contributed by atoms with Gasteiger partial charge in [0.05, 0.1) is 18.9 Å². The lowest BCUT2D eigenvalue weighted by Gasteiger charge is -2.16. The quantitative estimate of drug-likeness (QED) is 0.452. The highest BCUT2D eigenvalue weighted by atomic mass is 16.5. The van der Waals surface area contributed by atoms with Gasteiger partial charge in [-0.3, -0.25) is 0 Å². The van der Waals surface area contributed by atoms with E-state index in [-0.39, 0.29) is 12.1 Å². The summed E-state index contributed by atoms with van der Waals surface area (Å²) >= 11 is 0. The second-order valence-corrected chi connectivity index (χ2v) is 4.25. The standard InChI is InChI=1S/C14H22N4O2/c1-4-10(3)20-12-7-6-11(8-13(12)19-5-2)9-17-18-14(15)16/h6-10H,4-5H2,1-3H3,(H4,15,16,18). The molecule has 1 unspecified atom stereocenters. The molecule has 1 aromatic carbocycles. The van der Waals surface area contributed by atoms with Gasteiger partial charge in [0.2, 0.25) is 5.96 Å². The van der Waals surface area contributed by atoms with Gasteiger partial charge in [0.15, 0.2) is 11.5 Å². The first-order chi connectivity index (χ1) is 9.56. The van der Waals surface area contributed by atoms with Crippen LogP contribution in [0.15, 0.2) is 28.4 Å². The smallest absolute Gasteiger partial charge is 0.211 e. The Morgan fingerprint density at radius 2 is 2.05 bits per heavy atom. The average molecular weight is 278 g/mol. The molecule has 4 N–H and O–H groups in total. The Balaban J connectivity index is 2.94. The summed E-state index contributed by atoms with van der Waals surface area (Å²) in [6.45, 7) is 6.57. The molecule has 0 radical (unpaired) electrons. The normalized spacial score (nSPS) is 12.2. The number of hydrogen-bond donors (Lipinski definition) is 2. The van der Waals surface area contributed by atoms with Gasteiger partial charge >= 0.3 is 0 Å². The van der Waals surface area contributed by atoms with Crippen molar-refractivity contribution in [1.29, 1.82) is 0 Å². The lowest BCUT2D eigenvalue weighted by atomic mass is 10.2. The Bertz CT molecular complexity index is 482. The fourth-order valence-corrected chi connectivity index (χ4v) is 1.43. The van der Waals surface area contributed by atoms with Gasteiger partial charge in [-0.15, -0.1) is 5.10 Å². The number of nitrogens with two attached hydrogens (primary N) is 2. The molecule has 110 valence electrons. The second-order valence-electron chi connectivity index (χ2n) is 4.25. The lowest BCUT2D eigenvalue weighted by Crippen LogP contribution is -2.21. The van der Waals surface area contributed by atoms with Gasteiger partial charge in [-0.2, -0.15) is 5.10 Å². The van der Waals surface area contributed by atoms with Crippen LogP contribution < -0.4 is 20.9 Å². The molecule has 0 spiro atoms. The van der Waals surface area contributed by atoms with Crippen LogP contribution in [0.2, 0.25) is 0 Å². The highest BCUT2D eigenvalue weighted by Gasteiger charge is 2.08. The van der Waals surface area contributed by atoms with Crippen LogP contribution in [0.1, 0.15) is 32.8 Å². The summed E-state index contributed by atoms with van der Waals surface area (Å²) in [5.41, 5.74) is 11.2. The molecule has 0 aromatic heterocycles. The van der Waals surface area contributed by atoms with Crippen LogP contribution in [0.5, 0.6) is 11.5 Å². The molecule has 0 amide bonds. The van der Waals surface area contributed by atoms with Crippen molar-refractivity contribution in [2.45, 2.75) is 33.3 Å². The van der Waals surface area contributed by atoms with Gasteiger partial charge in [-0.1, -0.05) is 6.92 Å². The fraction of sp³-hybridized carbons (Fsp3) is 0.429. The maximum atomic E-state index is 5.81. The van der Waals surface area contributed by atoms with Crippen LogP contribution in [0.25, 0.3) is 0 Å². The van der Waals surface area contributed by atoms with Gasteiger partial charge in [-0.05, 0) is 44.0 Å². The molecule has 1 aromatic rings. The Labute approximate surface area is 119 Å². The average Bonchev–Trinajstić information content (AvgIpc) is 2.41. The summed E-state index contributed by atoms with van der Waals surface area (Å²) in [6, 6.07) is 5.56. The number of ether oxygens (including phenoxy) is 2. The van der Waals surface area contributed by atoms with Crippen LogP contribution in [0.4, 0.5) is 0 Å². The third kappa shape index (κ3) is 5.17. The van der Waals surface area contributed by atoms with Gasteiger partial charge in [0.1, 0.15) is 0 Å².